The normalized spacial score (nSPS) is 26.0. The average Bonchev–Trinajstić information content (AvgIpc) is 3.13. The zero-order chi connectivity index (χ0) is 15.9. The molecule has 2 aliphatic rings. The molecule has 2 fully saturated rings. The number of aromatic nitrogens is 2. The van der Waals surface area contributed by atoms with Crippen molar-refractivity contribution < 1.29 is 13.9 Å². The Morgan fingerprint density at radius 2 is 1.83 bits per heavy atom. The van der Waals surface area contributed by atoms with Crippen LogP contribution < -0.4 is 4.74 Å². The fourth-order valence-corrected chi connectivity index (χ4v) is 3.50. The molecule has 1 aromatic heterocycles. The fourth-order valence-electron chi connectivity index (χ4n) is 3.50. The predicted molar refractivity (Wildman–Crippen MR) is 84.6 cm³/mol. The maximum Gasteiger partial charge on any atom is 0.227 e. The van der Waals surface area contributed by atoms with Crippen LogP contribution in [0.3, 0.4) is 0 Å². The molecule has 0 bridgehead atoms. The Kier molecular flexibility index (Phi) is 3.60. The van der Waals surface area contributed by atoms with Crippen molar-refractivity contribution >= 4 is 0 Å². The third kappa shape index (κ3) is 2.53. The smallest absolute Gasteiger partial charge is 0.227 e. The largest absolute Gasteiger partial charge is 0.497 e. The molecule has 1 aliphatic heterocycles. The van der Waals surface area contributed by atoms with Gasteiger partial charge in [0, 0.05) is 19.1 Å². The number of rotatable bonds is 4. The second-order valence-corrected chi connectivity index (χ2v) is 6.69. The highest BCUT2D eigenvalue weighted by Crippen LogP contribution is 2.48. The highest BCUT2D eigenvalue weighted by molar-refractivity contribution is 5.37. The summed E-state index contributed by atoms with van der Waals surface area (Å²) in [5, 5.41) is 8.75. The Hall–Kier alpha value is -1.88. The van der Waals surface area contributed by atoms with Gasteiger partial charge in [0.25, 0.3) is 0 Å². The van der Waals surface area contributed by atoms with Crippen LogP contribution in [0.4, 0.5) is 0 Å². The molecule has 1 aromatic carbocycles. The molecule has 1 saturated carbocycles. The molecule has 0 amide bonds. The number of methoxy groups -OCH3 is 1. The SMILES string of the molecule is COc1ccc(C2(c3nnc([C@H]4C[C@@H]4C)o3)CCOCC2)cc1. The second-order valence-electron chi connectivity index (χ2n) is 6.69. The van der Waals surface area contributed by atoms with Crippen molar-refractivity contribution in [2.45, 2.75) is 37.5 Å². The monoisotopic (exact) mass is 314 g/mol. The van der Waals surface area contributed by atoms with Crippen molar-refractivity contribution in [2.75, 3.05) is 20.3 Å². The molecule has 2 atom stereocenters. The lowest BCUT2D eigenvalue weighted by molar-refractivity contribution is 0.0540. The maximum absolute atomic E-state index is 6.12. The average molecular weight is 314 g/mol. The van der Waals surface area contributed by atoms with E-state index >= 15 is 0 Å². The summed E-state index contributed by atoms with van der Waals surface area (Å²) in [6, 6.07) is 8.20. The summed E-state index contributed by atoms with van der Waals surface area (Å²) >= 11 is 0. The van der Waals surface area contributed by atoms with E-state index in [1.165, 1.54) is 5.56 Å². The van der Waals surface area contributed by atoms with E-state index in [-0.39, 0.29) is 5.41 Å². The molecular formula is C18H22N2O3. The lowest BCUT2D eigenvalue weighted by atomic mass is 9.74. The first-order valence-electron chi connectivity index (χ1n) is 8.29. The zero-order valence-electron chi connectivity index (χ0n) is 13.6. The molecule has 5 nitrogen and oxygen atoms in total. The number of nitrogens with zero attached hydrogens (tertiary/aromatic N) is 2. The van der Waals surface area contributed by atoms with E-state index in [9.17, 15) is 0 Å². The molecule has 0 spiro atoms. The summed E-state index contributed by atoms with van der Waals surface area (Å²) in [6.07, 6.45) is 2.88. The molecule has 23 heavy (non-hydrogen) atoms. The van der Waals surface area contributed by atoms with E-state index in [0.717, 1.165) is 36.8 Å². The van der Waals surface area contributed by atoms with E-state index in [1.807, 2.05) is 12.1 Å². The standard InChI is InChI=1S/C18H22N2O3/c1-12-11-15(12)16-19-20-17(23-16)18(7-9-22-10-8-18)13-3-5-14(21-2)6-4-13/h3-6,12,15H,7-11H2,1-2H3/t12-,15-/m0/s1. The van der Waals surface area contributed by atoms with E-state index in [2.05, 4.69) is 29.3 Å². The van der Waals surface area contributed by atoms with Crippen LogP contribution in [0.15, 0.2) is 28.7 Å². The van der Waals surface area contributed by atoms with Crippen LogP contribution >= 0.6 is 0 Å². The van der Waals surface area contributed by atoms with Crippen molar-refractivity contribution in [2.24, 2.45) is 5.92 Å². The van der Waals surface area contributed by atoms with E-state index < -0.39 is 0 Å². The van der Waals surface area contributed by atoms with Crippen LogP contribution in [-0.2, 0) is 10.2 Å². The van der Waals surface area contributed by atoms with Gasteiger partial charge in [-0.05, 0) is 42.9 Å². The Morgan fingerprint density at radius 1 is 1.13 bits per heavy atom. The molecule has 0 unspecified atom stereocenters. The van der Waals surface area contributed by atoms with Crippen LogP contribution in [0.1, 0.15) is 49.4 Å². The van der Waals surface area contributed by atoms with Gasteiger partial charge >= 0.3 is 0 Å². The topological polar surface area (TPSA) is 57.4 Å². The molecule has 2 heterocycles. The van der Waals surface area contributed by atoms with Crippen molar-refractivity contribution in [3.8, 4) is 5.75 Å². The lowest BCUT2D eigenvalue weighted by Crippen LogP contribution is -2.35. The molecule has 2 aromatic rings. The van der Waals surface area contributed by atoms with Crippen LogP contribution in [0, 0.1) is 5.92 Å². The van der Waals surface area contributed by atoms with Gasteiger partial charge in [-0.25, -0.2) is 0 Å². The summed E-state index contributed by atoms with van der Waals surface area (Å²) in [5.41, 5.74) is 0.953. The number of benzene rings is 1. The van der Waals surface area contributed by atoms with Crippen LogP contribution in [0.5, 0.6) is 5.75 Å². The lowest BCUT2D eigenvalue weighted by Gasteiger charge is -2.34. The highest BCUT2D eigenvalue weighted by Gasteiger charge is 2.44. The van der Waals surface area contributed by atoms with Gasteiger partial charge in [0.1, 0.15) is 5.75 Å². The molecule has 4 rings (SSSR count). The van der Waals surface area contributed by atoms with Crippen molar-refractivity contribution in [3.63, 3.8) is 0 Å². The summed E-state index contributed by atoms with van der Waals surface area (Å²) in [4.78, 5) is 0. The van der Waals surface area contributed by atoms with E-state index in [4.69, 9.17) is 13.9 Å². The van der Waals surface area contributed by atoms with Crippen LogP contribution in [0.2, 0.25) is 0 Å². The highest BCUT2D eigenvalue weighted by atomic mass is 16.5. The molecule has 1 saturated heterocycles. The number of hydrogen-bond donors (Lipinski definition) is 0. The summed E-state index contributed by atoms with van der Waals surface area (Å²) < 4.78 is 17.0. The van der Waals surface area contributed by atoms with Gasteiger partial charge in [0.2, 0.25) is 11.8 Å². The Balaban J connectivity index is 1.71. The predicted octanol–water partition coefficient (Wildman–Crippen LogP) is 3.30. The molecule has 0 N–H and O–H groups in total. The molecule has 5 heteroatoms. The first kappa shape index (κ1) is 14.7. The molecule has 1 aliphatic carbocycles. The Labute approximate surface area is 136 Å². The van der Waals surface area contributed by atoms with Crippen LogP contribution in [-0.4, -0.2) is 30.5 Å². The van der Waals surface area contributed by atoms with Gasteiger partial charge < -0.3 is 13.9 Å². The minimum atomic E-state index is -0.242. The van der Waals surface area contributed by atoms with E-state index in [0.29, 0.717) is 25.0 Å². The molecule has 122 valence electrons. The van der Waals surface area contributed by atoms with E-state index in [1.54, 1.807) is 7.11 Å². The summed E-state index contributed by atoms with van der Waals surface area (Å²) in [5.74, 6) is 3.50. The second kappa shape index (κ2) is 5.64. The zero-order valence-corrected chi connectivity index (χ0v) is 13.6. The third-order valence-corrected chi connectivity index (χ3v) is 5.27. The van der Waals surface area contributed by atoms with Gasteiger partial charge in [0.05, 0.1) is 12.5 Å². The summed E-state index contributed by atoms with van der Waals surface area (Å²) in [6.45, 7) is 3.65. The first-order valence-corrected chi connectivity index (χ1v) is 8.29. The minimum Gasteiger partial charge on any atom is -0.497 e. The quantitative estimate of drug-likeness (QED) is 0.866. The fraction of sp³-hybridized carbons (Fsp3) is 0.556. The Morgan fingerprint density at radius 3 is 2.43 bits per heavy atom. The van der Waals surface area contributed by atoms with Crippen molar-refractivity contribution in [1.82, 2.24) is 10.2 Å². The summed E-state index contributed by atoms with van der Waals surface area (Å²) in [7, 11) is 1.68. The van der Waals surface area contributed by atoms with Gasteiger partial charge in [-0.2, -0.15) is 0 Å². The number of ether oxygens (including phenoxy) is 2. The third-order valence-electron chi connectivity index (χ3n) is 5.27. The van der Waals surface area contributed by atoms with Gasteiger partial charge in [-0.15, -0.1) is 10.2 Å². The Bertz CT molecular complexity index is 674. The van der Waals surface area contributed by atoms with Crippen molar-refractivity contribution in [1.29, 1.82) is 0 Å². The molecular weight excluding hydrogens is 292 g/mol. The van der Waals surface area contributed by atoms with Gasteiger partial charge in [-0.3, -0.25) is 0 Å². The van der Waals surface area contributed by atoms with Crippen molar-refractivity contribution in [3.05, 3.63) is 41.6 Å². The molecule has 0 radical (unpaired) electrons. The minimum absolute atomic E-state index is 0.242. The maximum atomic E-state index is 6.12. The van der Waals surface area contributed by atoms with Gasteiger partial charge in [0.15, 0.2) is 0 Å². The van der Waals surface area contributed by atoms with Gasteiger partial charge in [-0.1, -0.05) is 19.1 Å². The first-order chi connectivity index (χ1) is 11.2. The number of hydrogen-bond acceptors (Lipinski definition) is 5. The van der Waals surface area contributed by atoms with Crippen LogP contribution in [0.25, 0.3) is 0 Å².